The van der Waals surface area contributed by atoms with Gasteiger partial charge in [0, 0.05) is 37.9 Å². The third kappa shape index (κ3) is 15.9. The van der Waals surface area contributed by atoms with Crippen molar-refractivity contribution in [2.24, 2.45) is 23.5 Å². The number of thiazole rings is 1. The molecule has 2 heterocycles. The number of nitrogens with two attached hydrogens (primary N) is 1. The van der Waals surface area contributed by atoms with E-state index in [1.54, 1.807) is 31.2 Å². The molecule has 1 aliphatic heterocycles. The monoisotopic (exact) mass is 841 g/mol. The normalized spacial score (nSPS) is 17.6. The predicted molar refractivity (Wildman–Crippen MR) is 233 cm³/mol. The number of amides is 3. The standard InChI is InChI=1S/C45H72N6O7S/c1-9-31(5)40(49-42(54)37-22-16-19-25-51(37)24-18-12-11-17-23-46)44(55)50(8)38(30(3)4)28-39(58-33(7)52)43-48-36(29-59-43)41(53)47-35(26-32(6)45(56)57-10-2)27-34-20-14-13-15-21-34/h13-15,20-21,29-32,35,37-40H,9-12,16-19,22-28,46H2,1-8H3,(H,47,53)(H,49,54). The van der Waals surface area contributed by atoms with E-state index < -0.39 is 36.0 Å². The molecule has 330 valence electrons. The van der Waals surface area contributed by atoms with Crippen LogP contribution in [-0.2, 0) is 35.1 Å². The van der Waals surface area contributed by atoms with E-state index in [9.17, 15) is 24.0 Å². The minimum atomic E-state index is -0.831. The number of hydrogen-bond acceptors (Lipinski definition) is 11. The van der Waals surface area contributed by atoms with E-state index in [2.05, 4.69) is 20.5 Å². The molecule has 3 rings (SSSR count). The number of esters is 2. The number of carbonyl (C=O) groups excluding carboxylic acids is 5. The fraction of sp³-hybridized carbons (Fsp3) is 0.689. The number of rotatable bonds is 25. The molecule has 13 nitrogen and oxygen atoms in total. The van der Waals surface area contributed by atoms with Crippen LogP contribution in [0.5, 0.6) is 0 Å². The second kappa shape index (κ2) is 25.7. The maximum Gasteiger partial charge on any atom is 0.308 e. The molecule has 7 atom stereocenters. The number of piperidine rings is 1. The second-order valence-electron chi connectivity index (χ2n) is 16.5. The van der Waals surface area contributed by atoms with Gasteiger partial charge in [0.1, 0.15) is 16.7 Å². The maximum atomic E-state index is 14.5. The summed E-state index contributed by atoms with van der Waals surface area (Å²) >= 11 is 1.21. The fourth-order valence-electron chi connectivity index (χ4n) is 7.88. The number of carbonyl (C=O) groups is 5. The van der Waals surface area contributed by atoms with Crippen LogP contribution in [-0.4, -0.2) is 102 Å². The van der Waals surface area contributed by atoms with Crippen molar-refractivity contribution in [1.29, 1.82) is 0 Å². The zero-order valence-corrected chi connectivity index (χ0v) is 37.7. The first-order valence-electron chi connectivity index (χ1n) is 21.9. The van der Waals surface area contributed by atoms with Crippen LogP contribution in [0.1, 0.15) is 140 Å². The van der Waals surface area contributed by atoms with Crippen LogP contribution in [0.3, 0.4) is 0 Å². The number of unbranched alkanes of at least 4 members (excludes halogenated alkanes) is 3. The molecule has 1 aliphatic rings. The minimum absolute atomic E-state index is 0.0498. The van der Waals surface area contributed by atoms with Crippen LogP contribution in [0.2, 0.25) is 0 Å². The lowest BCUT2D eigenvalue weighted by molar-refractivity contribution is -0.149. The fourth-order valence-corrected chi connectivity index (χ4v) is 8.72. The molecular formula is C45H72N6O7S. The van der Waals surface area contributed by atoms with Crippen LogP contribution < -0.4 is 16.4 Å². The highest BCUT2D eigenvalue weighted by molar-refractivity contribution is 7.09. The van der Waals surface area contributed by atoms with Gasteiger partial charge in [-0.25, -0.2) is 4.98 Å². The zero-order valence-electron chi connectivity index (χ0n) is 36.9. The lowest BCUT2D eigenvalue weighted by atomic mass is 9.92. The number of aromatic nitrogens is 1. The molecule has 59 heavy (non-hydrogen) atoms. The summed E-state index contributed by atoms with van der Waals surface area (Å²) in [6.07, 6.45) is 7.95. The van der Waals surface area contributed by atoms with E-state index in [1.165, 1.54) is 18.3 Å². The summed E-state index contributed by atoms with van der Waals surface area (Å²) in [4.78, 5) is 75.8. The van der Waals surface area contributed by atoms with Crippen molar-refractivity contribution in [2.45, 2.75) is 149 Å². The lowest BCUT2D eigenvalue weighted by Crippen LogP contribution is -2.58. The average molecular weight is 841 g/mol. The van der Waals surface area contributed by atoms with E-state index in [4.69, 9.17) is 15.2 Å². The molecule has 14 heteroatoms. The number of ether oxygens (including phenoxy) is 2. The van der Waals surface area contributed by atoms with Crippen molar-refractivity contribution in [3.05, 3.63) is 52.0 Å². The number of likely N-dealkylation sites (tertiary alicyclic amines) is 1. The molecule has 1 aromatic heterocycles. The molecule has 0 bridgehead atoms. The van der Waals surface area contributed by atoms with E-state index >= 15 is 0 Å². The van der Waals surface area contributed by atoms with Gasteiger partial charge < -0.3 is 30.7 Å². The summed E-state index contributed by atoms with van der Waals surface area (Å²) in [5.41, 5.74) is 6.85. The molecular weight excluding hydrogens is 769 g/mol. The molecule has 0 aliphatic carbocycles. The Kier molecular flexibility index (Phi) is 21.5. The van der Waals surface area contributed by atoms with Gasteiger partial charge in [-0.05, 0) is 82.5 Å². The van der Waals surface area contributed by atoms with E-state index in [0.29, 0.717) is 30.8 Å². The van der Waals surface area contributed by atoms with Crippen LogP contribution in [0.4, 0.5) is 0 Å². The third-order valence-electron chi connectivity index (χ3n) is 11.5. The first-order chi connectivity index (χ1) is 28.2. The Bertz CT molecular complexity index is 1610. The molecule has 7 unspecified atom stereocenters. The molecule has 2 aromatic rings. The largest absolute Gasteiger partial charge is 0.466 e. The topological polar surface area (TPSA) is 173 Å². The van der Waals surface area contributed by atoms with Crippen molar-refractivity contribution in [2.75, 3.05) is 33.3 Å². The SMILES string of the molecule is CCOC(=O)C(C)CC(Cc1ccccc1)NC(=O)c1csc(C(CC(C(C)C)N(C)C(=O)C(NC(=O)C2CCCCN2CCCCCCN)C(C)CC)OC(C)=O)n1. The van der Waals surface area contributed by atoms with Crippen LogP contribution in [0, 0.1) is 17.8 Å². The quantitative estimate of drug-likeness (QED) is 0.0745. The summed E-state index contributed by atoms with van der Waals surface area (Å²) in [7, 11) is 1.75. The first kappa shape index (κ1) is 49.5. The Morgan fingerprint density at radius 3 is 2.34 bits per heavy atom. The molecule has 1 saturated heterocycles. The molecule has 0 radical (unpaired) electrons. The summed E-state index contributed by atoms with van der Waals surface area (Å²) in [6.45, 7) is 15.6. The molecule has 4 N–H and O–H groups in total. The first-order valence-corrected chi connectivity index (χ1v) is 22.7. The smallest absolute Gasteiger partial charge is 0.308 e. The van der Waals surface area contributed by atoms with Gasteiger partial charge in [0.2, 0.25) is 11.8 Å². The van der Waals surface area contributed by atoms with E-state index in [1.807, 2.05) is 58.0 Å². The second-order valence-corrected chi connectivity index (χ2v) is 17.4. The summed E-state index contributed by atoms with van der Waals surface area (Å²) in [6, 6.07) is 7.96. The zero-order chi connectivity index (χ0) is 43.5. The van der Waals surface area contributed by atoms with Crippen LogP contribution in [0.25, 0.3) is 0 Å². The number of benzene rings is 1. The molecule has 1 aromatic carbocycles. The number of hydrogen-bond donors (Lipinski definition) is 3. The minimum Gasteiger partial charge on any atom is -0.466 e. The van der Waals surface area contributed by atoms with Gasteiger partial charge in [-0.1, -0.05) is 90.6 Å². The highest BCUT2D eigenvalue weighted by Gasteiger charge is 2.38. The summed E-state index contributed by atoms with van der Waals surface area (Å²) in [5.74, 6) is -2.15. The van der Waals surface area contributed by atoms with E-state index in [-0.39, 0.29) is 60.4 Å². The highest BCUT2D eigenvalue weighted by Crippen LogP contribution is 2.31. The van der Waals surface area contributed by atoms with Gasteiger partial charge in [-0.15, -0.1) is 11.3 Å². The molecule has 3 amide bonds. The summed E-state index contributed by atoms with van der Waals surface area (Å²) < 4.78 is 11.1. The average Bonchev–Trinajstić information content (AvgIpc) is 3.71. The van der Waals surface area contributed by atoms with Gasteiger partial charge in [-0.3, -0.25) is 28.9 Å². The van der Waals surface area contributed by atoms with Gasteiger partial charge in [-0.2, -0.15) is 0 Å². The molecule has 1 fully saturated rings. The number of nitrogens with zero attached hydrogens (tertiary/aromatic N) is 3. The van der Waals surface area contributed by atoms with Gasteiger partial charge in [0.15, 0.2) is 6.10 Å². The Hall–Kier alpha value is -3.88. The Morgan fingerprint density at radius 1 is 0.983 bits per heavy atom. The van der Waals surface area contributed by atoms with Gasteiger partial charge in [0.05, 0.1) is 18.6 Å². The number of likely N-dealkylation sites (N-methyl/N-ethyl adjacent to an activating group) is 1. The molecule has 0 spiro atoms. The van der Waals surface area contributed by atoms with Crippen LogP contribution in [0.15, 0.2) is 35.7 Å². The predicted octanol–water partition coefficient (Wildman–Crippen LogP) is 6.46. The van der Waals surface area contributed by atoms with Crippen molar-refractivity contribution in [3.63, 3.8) is 0 Å². The van der Waals surface area contributed by atoms with Crippen molar-refractivity contribution in [3.8, 4) is 0 Å². The lowest BCUT2D eigenvalue weighted by Gasteiger charge is -2.39. The number of nitrogens with one attached hydrogen (secondary N) is 2. The molecule has 0 saturated carbocycles. The van der Waals surface area contributed by atoms with E-state index in [0.717, 1.165) is 63.6 Å². The summed E-state index contributed by atoms with van der Waals surface area (Å²) in [5, 5.41) is 8.33. The van der Waals surface area contributed by atoms with Crippen molar-refractivity contribution >= 4 is 41.0 Å². The van der Waals surface area contributed by atoms with Gasteiger partial charge in [0.25, 0.3) is 5.91 Å². The van der Waals surface area contributed by atoms with Gasteiger partial charge >= 0.3 is 11.9 Å². The van der Waals surface area contributed by atoms with Crippen LogP contribution >= 0.6 is 11.3 Å². The van der Waals surface area contributed by atoms with Crippen molar-refractivity contribution < 1.29 is 33.4 Å². The highest BCUT2D eigenvalue weighted by atomic mass is 32.1. The third-order valence-corrected chi connectivity index (χ3v) is 12.4. The Morgan fingerprint density at radius 2 is 1.69 bits per heavy atom. The van der Waals surface area contributed by atoms with Crippen molar-refractivity contribution in [1.82, 2.24) is 25.4 Å². The Balaban J connectivity index is 1.79. The maximum absolute atomic E-state index is 14.5. The Labute approximate surface area is 356 Å².